The van der Waals surface area contributed by atoms with E-state index in [2.05, 4.69) is 4.74 Å². The molecule has 3 aromatic rings. The fourth-order valence-corrected chi connectivity index (χ4v) is 8.31. The third-order valence-electron chi connectivity index (χ3n) is 7.15. The lowest BCUT2D eigenvalue weighted by atomic mass is 10.0. The molecule has 46 heavy (non-hydrogen) atoms. The van der Waals surface area contributed by atoms with Crippen molar-refractivity contribution in [2.45, 2.75) is 42.2 Å². The highest BCUT2D eigenvalue weighted by molar-refractivity contribution is 8.02. The predicted molar refractivity (Wildman–Crippen MR) is 161 cm³/mol. The van der Waals surface area contributed by atoms with Gasteiger partial charge in [0.25, 0.3) is 0 Å². The van der Waals surface area contributed by atoms with Crippen molar-refractivity contribution in [3.63, 3.8) is 0 Å². The van der Waals surface area contributed by atoms with Gasteiger partial charge in [-0.3, -0.25) is 0 Å². The van der Waals surface area contributed by atoms with Crippen LogP contribution in [0.5, 0.6) is 11.5 Å². The van der Waals surface area contributed by atoms with Crippen molar-refractivity contribution >= 4 is 51.0 Å². The van der Waals surface area contributed by atoms with Crippen molar-refractivity contribution in [2.75, 3.05) is 18.9 Å². The zero-order valence-corrected chi connectivity index (χ0v) is 26.7. The largest absolute Gasteiger partial charge is 0.619 e. The number of alkyl halides is 2. The Morgan fingerprint density at radius 1 is 1.15 bits per heavy atom. The van der Waals surface area contributed by atoms with Crippen LogP contribution in [0.3, 0.4) is 0 Å². The molecule has 2 aromatic carbocycles. The number of halogens is 5. The Bertz CT molecular complexity index is 1770. The van der Waals surface area contributed by atoms with Gasteiger partial charge in [0.1, 0.15) is 28.0 Å². The molecule has 1 aliphatic carbocycles. The minimum atomic E-state index is -4.39. The molecule has 0 bridgehead atoms. The maximum Gasteiger partial charge on any atom is 0.387 e. The van der Waals surface area contributed by atoms with E-state index >= 15 is 0 Å². The zero-order valence-electron chi connectivity index (χ0n) is 23.6. The zero-order chi connectivity index (χ0) is 33.2. The third-order valence-corrected chi connectivity index (χ3v) is 11.0. The second kappa shape index (κ2) is 14.1. The number of esters is 1. The highest BCUT2D eigenvalue weighted by Gasteiger charge is 2.42. The first-order valence-corrected chi connectivity index (χ1v) is 16.9. The molecule has 1 aliphatic heterocycles. The van der Waals surface area contributed by atoms with Gasteiger partial charge in [-0.05, 0) is 54.7 Å². The average Bonchev–Trinajstić information content (AvgIpc) is 3.69. The van der Waals surface area contributed by atoms with Crippen LogP contribution < -0.4 is 14.2 Å². The Morgan fingerprint density at radius 3 is 2.52 bits per heavy atom. The van der Waals surface area contributed by atoms with Crippen LogP contribution in [0.1, 0.15) is 35.6 Å². The molecule has 0 radical (unpaired) electrons. The van der Waals surface area contributed by atoms with Crippen molar-refractivity contribution in [3.8, 4) is 17.6 Å². The van der Waals surface area contributed by atoms with Gasteiger partial charge in [0.2, 0.25) is 10.0 Å². The normalized spacial score (nSPS) is 17.5. The van der Waals surface area contributed by atoms with Crippen molar-refractivity contribution in [3.05, 3.63) is 86.6 Å². The number of hydrogen-bond acceptors (Lipinski definition) is 9. The molecule has 2 fully saturated rings. The van der Waals surface area contributed by atoms with Crippen LogP contribution in [-0.4, -0.2) is 49.6 Å². The predicted octanol–water partition coefficient (Wildman–Crippen LogP) is 5.62. The summed E-state index contributed by atoms with van der Waals surface area (Å²) in [6, 6.07) is 8.29. The molecule has 1 saturated heterocycles. The molecule has 2 unspecified atom stereocenters. The lowest BCUT2D eigenvalue weighted by molar-refractivity contribution is -0.605. The lowest BCUT2D eigenvalue weighted by Gasteiger charge is -2.26. The standard InChI is InChI=1S/C29H24Cl2F3N3O7S2/c30-21-13-36(39)14-22(31)20(21)11-25(17-3-6-24(44-29(33)34)26(10-17)42-15-16-1-2-16)43-28(38)27-37(7-8-45-27)46(40,41)19-4-5-23(32)18(9-19)12-35/h3-6,9-10,13-14,16,25,27,29H,1-2,7-8,11,15H2. The number of ether oxygens (including phenoxy) is 3. The molecular formula is C29H24Cl2F3N3O7S2. The third kappa shape index (κ3) is 7.75. The van der Waals surface area contributed by atoms with Crippen molar-refractivity contribution in [1.29, 1.82) is 5.26 Å². The molecule has 0 N–H and O–H groups in total. The van der Waals surface area contributed by atoms with Crippen LogP contribution in [0.25, 0.3) is 0 Å². The highest BCUT2D eigenvalue weighted by atomic mass is 35.5. The molecule has 2 heterocycles. The Balaban J connectivity index is 1.48. The van der Waals surface area contributed by atoms with Crippen molar-refractivity contribution in [1.82, 2.24) is 4.31 Å². The van der Waals surface area contributed by atoms with E-state index in [-0.39, 0.29) is 68.8 Å². The number of pyridine rings is 1. The van der Waals surface area contributed by atoms with Gasteiger partial charge >= 0.3 is 12.6 Å². The van der Waals surface area contributed by atoms with E-state index < -0.39 is 45.5 Å². The van der Waals surface area contributed by atoms with Gasteiger partial charge in [-0.25, -0.2) is 17.6 Å². The van der Waals surface area contributed by atoms with E-state index in [4.69, 9.17) is 32.7 Å². The summed E-state index contributed by atoms with van der Waals surface area (Å²) >= 11 is 13.6. The van der Waals surface area contributed by atoms with E-state index in [1.807, 2.05) is 0 Å². The minimum absolute atomic E-state index is 0.0301. The molecule has 1 aromatic heterocycles. The number of benzene rings is 2. The topological polar surface area (TPSA) is 133 Å². The minimum Gasteiger partial charge on any atom is -0.619 e. The molecule has 1 saturated carbocycles. The summed E-state index contributed by atoms with van der Waals surface area (Å²) in [5.74, 6) is -1.68. The number of sulfonamides is 1. The SMILES string of the molecule is N#Cc1cc(S(=O)(=O)N2CCSC2C(=O)OC(Cc2c(Cl)c[n+]([O-])cc2Cl)c2ccc(OC(F)F)c(OCC3CC3)c2)ccc1F. The van der Waals surface area contributed by atoms with Gasteiger partial charge in [0.05, 0.1) is 17.1 Å². The maximum atomic E-state index is 13.9. The van der Waals surface area contributed by atoms with E-state index in [0.717, 1.165) is 59.5 Å². The summed E-state index contributed by atoms with van der Waals surface area (Å²) in [6.07, 6.45) is 2.51. The molecule has 0 amide bonds. The lowest BCUT2D eigenvalue weighted by Crippen LogP contribution is -2.40. The number of nitrogens with zero attached hydrogens (tertiary/aromatic N) is 3. The number of thioether (sulfide) groups is 1. The van der Waals surface area contributed by atoms with E-state index in [1.165, 1.54) is 18.2 Å². The number of aromatic nitrogens is 1. The molecule has 2 atom stereocenters. The number of carbonyl (C=O) groups excluding carboxylic acids is 1. The molecule has 0 spiro atoms. The van der Waals surface area contributed by atoms with Crippen LogP contribution >= 0.6 is 35.0 Å². The van der Waals surface area contributed by atoms with Gasteiger partial charge in [-0.15, -0.1) is 11.8 Å². The smallest absolute Gasteiger partial charge is 0.387 e. The maximum absolute atomic E-state index is 13.9. The monoisotopic (exact) mass is 717 g/mol. The Labute approximate surface area is 276 Å². The number of nitriles is 1. The molecule has 5 rings (SSSR count). The van der Waals surface area contributed by atoms with Gasteiger partial charge in [-0.2, -0.15) is 23.1 Å². The molecule has 17 heteroatoms. The summed E-state index contributed by atoms with van der Waals surface area (Å²) in [7, 11) is -4.39. The fraction of sp³-hybridized carbons (Fsp3) is 0.345. The summed E-state index contributed by atoms with van der Waals surface area (Å²) < 4.78 is 84.8. The first kappa shape index (κ1) is 33.9. The first-order valence-electron chi connectivity index (χ1n) is 13.7. The van der Waals surface area contributed by atoms with E-state index in [1.54, 1.807) is 6.07 Å². The molecule has 244 valence electrons. The number of carbonyl (C=O) groups is 1. The summed E-state index contributed by atoms with van der Waals surface area (Å²) in [4.78, 5) is 13.3. The van der Waals surface area contributed by atoms with Crippen LogP contribution in [0.15, 0.2) is 53.7 Å². The Morgan fingerprint density at radius 2 is 1.87 bits per heavy atom. The molecular weight excluding hydrogens is 694 g/mol. The van der Waals surface area contributed by atoms with Gasteiger partial charge in [-0.1, -0.05) is 29.3 Å². The summed E-state index contributed by atoms with van der Waals surface area (Å²) in [5.41, 5.74) is -0.0102. The van der Waals surface area contributed by atoms with Crippen molar-refractivity contribution < 1.29 is 45.3 Å². The van der Waals surface area contributed by atoms with Crippen LogP contribution in [0, 0.1) is 28.3 Å². The molecule has 2 aliphatic rings. The van der Waals surface area contributed by atoms with E-state index in [9.17, 15) is 36.9 Å². The van der Waals surface area contributed by atoms with Gasteiger partial charge in [0, 0.05) is 24.3 Å². The second-order valence-electron chi connectivity index (χ2n) is 10.4. The summed E-state index contributed by atoms with van der Waals surface area (Å²) in [5, 5.41) is 19.6. The van der Waals surface area contributed by atoms with E-state index in [0.29, 0.717) is 4.73 Å². The number of rotatable bonds is 12. The van der Waals surface area contributed by atoms with Crippen molar-refractivity contribution in [2.24, 2.45) is 5.92 Å². The summed E-state index contributed by atoms with van der Waals surface area (Å²) in [6.45, 7) is -2.98. The van der Waals surface area contributed by atoms with Crippen LogP contribution in [0.4, 0.5) is 13.2 Å². The second-order valence-corrected chi connectivity index (χ2v) is 14.2. The van der Waals surface area contributed by atoms with Gasteiger partial charge < -0.3 is 19.4 Å². The Kier molecular flexibility index (Phi) is 10.4. The quantitative estimate of drug-likeness (QED) is 0.133. The van der Waals surface area contributed by atoms with Crippen LogP contribution in [-0.2, 0) is 26.0 Å². The Hall–Kier alpha value is -3.42. The number of hydrogen-bond donors (Lipinski definition) is 0. The highest BCUT2D eigenvalue weighted by Crippen LogP contribution is 2.39. The first-order chi connectivity index (χ1) is 21.9. The molecule has 10 nitrogen and oxygen atoms in total. The average molecular weight is 719 g/mol. The van der Waals surface area contributed by atoms with Gasteiger partial charge in [0.15, 0.2) is 29.3 Å². The van der Waals surface area contributed by atoms with Crippen LogP contribution in [0.2, 0.25) is 10.0 Å². The fourth-order valence-electron chi connectivity index (χ4n) is 4.63.